The van der Waals surface area contributed by atoms with Crippen LogP contribution in [0.4, 0.5) is 0 Å². The van der Waals surface area contributed by atoms with Crippen LogP contribution in [0.25, 0.3) is 10.2 Å². The summed E-state index contributed by atoms with van der Waals surface area (Å²) in [5, 5.41) is 8.46. The van der Waals surface area contributed by atoms with E-state index in [1.54, 1.807) is 0 Å². The lowest BCUT2D eigenvalue weighted by molar-refractivity contribution is 0.0944. The van der Waals surface area contributed by atoms with Crippen LogP contribution in [0.3, 0.4) is 0 Å². The predicted molar refractivity (Wildman–Crippen MR) is 93.4 cm³/mol. The molecule has 0 saturated heterocycles. The first-order valence-corrected chi connectivity index (χ1v) is 8.56. The van der Waals surface area contributed by atoms with Gasteiger partial charge in [-0.15, -0.1) is 11.3 Å². The molecule has 3 rings (SSSR count). The van der Waals surface area contributed by atoms with E-state index in [0.29, 0.717) is 4.88 Å². The van der Waals surface area contributed by atoms with Gasteiger partial charge in [-0.25, -0.2) is 0 Å². The molecule has 6 heteroatoms. The van der Waals surface area contributed by atoms with Crippen molar-refractivity contribution in [1.82, 2.24) is 15.1 Å². The lowest BCUT2D eigenvalue weighted by Crippen LogP contribution is -2.26. The molecule has 2 heterocycles. The van der Waals surface area contributed by atoms with Crippen molar-refractivity contribution < 1.29 is 4.79 Å². The third-order valence-corrected chi connectivity index (χ3v) is 5.56. The van der Waals surface area contributed by atoms with Crippen LogP contribution in [-0.2, 0) is 7.05 Å². The number of carbonyl (C=O) groups is 1. The minimum absolute atomic E-state index is 0.0520. The van der Waals surface area contributed by atoms with E-state index >= 15 is 0 Å². The van der Waals surface area contributed by atoms with Crippen molar-refractivity contribution in [2.75, 3.05) is 0 Å². The Hall–Kier alpha value is -1.66. The van der Waals surface area contributed by atoms with Crippen LogP contribution in [0.1, 0.15) is 33.9 Å². The molecule has 1 N–H and O–H groups in total. The molecule has 22 heavy (non-hydrogen) atoms. The molecule has 4 nitrogen and oxygen atoms in total. The second kappa shape index (κ2) is 5.85. The molecule has 0 aliphatic rings. The van der Waals surface area contributed by atoms with Crippen LogP contribution >= 0.6 is 27.3 Å². The number of rotatable bonds is 3. The quantitative estimate of drug-likeness (QED) is 0.743. The minimum atomic E-state index is -0.0625. The van der Waals surface area contributed by atoms with E-state index in [1.165, 1.54) is 11.3 Å². The van der Waals surface area contributed by atoms with Crippen molar-refractivity contribution in [3.63, 3.8) is 0 Å². The van der Waals surface area contributed by atoms with Crippen LogP contribution in [0.2, 0.25) is 0 Å². The Kier molecular flexibility index (Phi) is 4.06. The van der Waals surface area contributed by atoms with Gasteiger partial charge in [0.2, 0.25) is 0 Å². The predicted octanol–water partition coefficient (Wildman–Crippen LogP) is 4.20. The van der Waals surface area contributed by atoms with Crippen molar-refractivity contribution >= 4 is 43.4 Å². The van der Waals surface area contributed by atoms with Gasteiger partial charge in [-0.2, -0.15) is 5.10 Å². The second-order valence-corrected chi connectivity index (χ2v) is 7.14. The van der Waals surface area contributed by atoms with Gasteiger partial charge in [-0.1, -0.05) is 34.1 Å². The van der Waals surface area contributed by atoms with E-state index in [0.717, 1.165) is 25.9 Å². The van der Waals surface area contributed by atoms with Crippen LogP contribution < -0.4 is 5.32 Å². The van der Waals surface area contributed by atoms with E-state index in [4.69, 9.17) is 0 Å². The summed E-state index contributed by atoms with van der Waals surface area (Å²) in [5.74, 6) is -0.0520. The maximum atomic E-state index is 12.5. The van der Waals surface area contributed by atoms with Gasteiger partial charge in [0.1, 0.15) is 4.83 Å². The Morgan fingerprint density at radius 1 is 1.41 bits per heavy atom. The number of aromatic nitrogens is 2. The molecule has 2 aromatic heterocycles. The molecule has 0 fully saturated rings. The van der Waals surface area contributed by atoms with Gasteiger partial charge < -0.3 is 5.32 Å². The molecule has 1 atom stereocenters. The average Bonchev–Trinajstić information content (AvgIpc) is 3.02. The van der Waals surface area contributed by atoms with Crippen molar-refractivity contribution in [3.8, 4) is 0 Å². The fraction of sp³-hybridized carbons (Fsp3) is 0.250. The maximum Gasteiger partial charge on any atom is 0.261 e. The first-order valence-electron chi connectivity index (χ1n) is 6.96. The highest BCUT2D eigenvalue weighted by atomic mass is 79.9. The number of nitrogens with one attached hydrogen (secondary N) is 1. The SMILES string of the molecule is Cc1nn(C)c2sc(C(=O)N[C@H](C)c3ccccc3Br)cc12. The number of thiophene rings is 1. The van der Waals surface area contributed by atoms with Gasteiger partial charge in [0, 0.05) is 16.9 Å². The van der Waals surface area contributed by atoms with Gasteiger partial charge in [0.15, 0.2) is 0 Å². The number of nitrogens with zero attached hydrogens (tertiary/aromatic N) is 2. The minimum Gasteiger partial charge on any atom is -0.345 e. The molecule has 0 saturated carbocycles. The number of hydrogen-bond acceptors (Lipinski definition) is 3. The van der Waals surface area contributed by atoms with E-state index in [9.17, 15) is 4.79 Å². The summed E-state index contributed by atoms with van der Waals surface area (Å²) in [7, 11) is 1.90. The Labute approximate surface area is 141 Å². The zero-order valence-electron chi connectivity index (χ0n) is 12.6. The van der Waals surface area contributed by atoms with E-state index in [2.05, 4.69) is 26.3 Å². The normalized spacial score (nSPS) is 12.5. The van der Waals surface area contributed by atoms with Gasteiger partial charge in [0.25, 0.3) is 5.91 Å². The third kappa shape index (κ3) is 2.68. The summed E-state index contributed by atoms with van der Waals surface area (Å²) >= 11 is 4.99. The average molecular weight is 378 g/mol. The van der Waals surface area contributed by atoms with E-state index in [1.807, 2.05) is 55.9 Å². The second-order valence-electron chi connectivity index (χ2n) is 5.26. The lowest BCUT2D eigenvalue weighted by atomic mass is 10.1. The zero-order valence-corrected chi connectivity index (χ0v) is 15.0. The summed E-state index contributed by atoms with van der Waals surface area (Å²) in [5.41, 5.74) is 2.02. The van der Waals surface area contributed by atoms with Crippen molar-refractivity contribution in [2.45, 2.75) is 19.9 Å². The third-order valence-electron chi connectivity index (χ3n) is 3.64. The van der Waals surface area contributed by atoms with Crippen LogP contribution in [0.15, 0.2) is 34.8 Å². The number of benzene rings is 1. The number of fused-ring (bicyclic) bond motifs is 1. The Morgan fingerprint density at radius 3 is 2.82 bits per heavy atom. The Bertz CT molecular complexity index is 818. The van der Waals surface area contributed by atoms with Gasteiger partial charge in [-0.05, 0) is 31.5 Å². The highest BCUT2D eigenvalue weighted by Crippen LogP contribution is 2.28. The molecular formula is C16H16BrN3OS. The maximum absolute atomic E-state index is 12.5. The highest BCUT2D eigenvalue weighted by Gasteiger charge is 2.18. The van der Waals surface area contributed by atoms with Gasteiger partial charge >= 0.3 is 0 Å². The molecule has 1 aromatic carbocycles. The summed E-state index contributed by atoms with van der Waals surface area (Å²) in [6, 6.07) is 9.78. The summed E-state index contributed by atoms with van der Waals surface area (Å²) < 4.78 is 2.82. The zero-order chi connectivity index (χ0) is 15.9. The van der Waals surface area contributed by atoms with E-state index in [-0.39, 0.29) is 11.9 Å². The standard InChI is InChI=1S/C16H16BrN3OS/c1-9(11-6-4-5-7-13(11)17)18-15(21)14-8-12-10(2)19-20(3)16(12)22-14/h4-9H,1-3H3,(H,18,21)/t9-/m1/s1. The molecule has 1 amide bonds. The molecule has 0 unspecified atom stereocenters. The van der Waals surface area contributed by atoms with Crippen molar-refractivity contribution in [1.29, 1.82) is 0 Å². The number of amides is 1. The summed E-state index contributed by atoms with van der Waals surface area (Å²) in [6.45, 7) is 3.94. The molecule has 0 bridgehead atoms. The lowest BCUT2D eigenvalue weighted by Gasteiger charge is -2.15. The molecule has 0 radical (unpaired) electrons. The number of halogens is 1. The molecule has 0 spiro atoms. The monoisotopic (exact) mass is 377 g/mol. The Balaban J connectivity index is 1.84. The summed E-state index contributed by atoms with van der Waals surface area (Å²) in [6.07, 6.45) is 0. The molecule has 3 aromatic rings. The fourth-order valence-corrected chi connectivity index (χ4v) is 4.14. The number of aryl methyl sites for hydroxylation is 2. The Morgan fingerprint density at radius 2 is 2.14 bits per heavy atom. The molecule has 0 aliphatic heterocycles. The first kappa shape index (κ1) is 15.2. The van der Waals surface area contributed by atoms with E-state index < -0.39 is 0 Å². The largest absolute Gasteiger partial charge is 0.345 e. The van der Waals surface area contributed by atoms with Gasteiger partial charge in [0.05, 0.1) is 16.6 Å². The molecule has 114 valence electrons. The number of hydrogen-bond donors (Lipinski definition) is 1. The fourth-order valence-electron chi connectivity index (χ4n) is 2.49. The van der Waals surface area contributed by atoms with Gasteiger partial charge in [-0.3, -0.25) is 9.48 Å². The first-order chi connectivity index (χ1) is 10.5. The smallest absolute Gasteiger partial charge is 0.261 e. The van der Waals surface area contributed by atoms with Crippen molar-refractivity contribution in [3.05, 3.63) is 50.9 Å². The van der Waals surface area contributed by atoms with Crippen LogP contribution in [0.5, 0.6) is 0 Å². The van der Waals surface area contributed by atoms with Crippen LogP contribution in [-0.4, -0.2) is 15.7 Å². The molecular weight excluding hydrogens is 362 g/mol. The highest BCUT2D eigenvalue weighted by molar-refractivity contribution is 9.10. The topological polar surface area (TPSA) is 46.9 Å². The van der Waals surface area contributed by atoms with Crippen molar-refractivity contribution in [2.24, 2.45) is 7.05 Å². The number of carbonyl (C=O) groups excluding carboxylic acids is 1. The van der Waals surface area contributed by atoms with Crippen LogP contribution in [0, 0.1) is 6.92 Å². The molecule has 0 aliphatic carbocycles. The summed E-state index contributed by atoms with van der Waals surface area (Å²) in [4.78, 5) is 14.2.